The number of hydrogen-bond acceptors (Lipinski definition) is 4. The van der Waals surface area contributed by atoms with Gasteiger partial charge in [0.05, 0.1) is 17.8 Å². The van der Waals surface area contributed by atoms with Crippen molar-refractivity contribution in [1.29, 1.82) is 0 Å². The topological polar surface area (TPSA) is 48.5 Å². The molecule has 1 aliphatic heterocycles. The summed E-state index contributed by atoms with van der Waals surface area (Å²) in [5.74, 6) is -0.445. The predicted molar refractivity (Wildman–Crippen MR) is 134 cm³/mol. The molecule has 0 atom stereocenters. The van der Waals surface area contributed by atoms with E-state index in [1.807, 2.05) is 29.3 Å². The standard InChI is InChI=1S/C26H26BrF3N4O/c27-21-8-6-19(7-9-21)22-10-11-31-16-20(22)17-33-12-3-13-34(15-14-33)18-25(35)32-24-5-2-1-4-23(24)26(28,29)30/h1-2,4-11,16H,3,12-15,17-18H2,(H,32,35). The number of hydrogen-bond donors (Lipinski definition) is 1. The molecule has 1 aromatic heterocycles. The third kappa shape index (κ3) is 6.90. The Labute approximate surface area is 211 Å². The van der Waals surface area contributed by atoms with Gasteiger partial charge in [-0.05, 0) is 66.5 Å². The summed E-state index contributed by atoms with van der Waals surface area (Å²) >= 11 is 3.47. The smallest absolute Gasteiger partial charge is 0.324 e. The van der Waals surface area contributed by atoms with Crippen molar-refractivity contribution in [2.75, 3.05) is 38.0 Å². The molecule has 0 unspecified atom stereocenters. The first-order valence-electron chi connectivity index (χ1n) is 11.4. The Morgan fingerprint density at radius 2 is 1.69 bits per heavy atom. The fraction of sp³-hybridized carbons (Fsp3) is 0.308. The van der Waals surface area contributed by atoms with Gasteiger partial charge in [0.2, 0.25) is 5.91 Å². The number of alkyl halides is 3. The number of aromatic nitrogens is 1. The monoisotopic (exact) mass is 546 g/mol. The maximum Gasteiger partial charge on any atom is 0.418 e. The zero-order valence-electron chi connectivity index (χ0n) is 19.1. The molecule has 1 fully saturated rings. The Morgan fingerprint density at radius 3 is 2.46 bits per heavy atom. The second-order valence-electron chi connectivity index (χ2n) is 8.54. The van der Waals surface area contributed by atoms with Gasteiger partial charge in [-0.15, -0.1) is 0 Å². The molecule has 0 saturated carbocycles. The highest BCUT2D eigenvalue weighted by atomic mass is 79.9. The molecular formula is C26H26BrF3N4O. The molecule has 5 nitrogen and oxygen atoms in total. The van der Waals surface area contributed by atoms with Crippen LogP contribution in [0.25, 0.3) is 11.1 Å². The summed E-state index contributed by atoms with van der Waals surface area (Å²) < 4.78 is 40.7. The number of carbonyl (C=O) groups is 1. The van der Waals surface area contributed by atoms with Crippen LogP contribution in [0.1, 0.15) is 17.5 Å². The van der Waals surface area contributed by atoms with E-state index in [4.69, 9.17) is 0 Å². The third-order valence-electron chi connectivity index (χ3n) is 6.01. The number of nitrogens with zero attached hydrogens (tertiary/aromatic N) is 3. The van der Waals surface area contributed by atoms with Gasteiger partial charge in [0.25, 0.3) is 0 Å². The number of anilines is 1. The lowest BCUT2D eigenvalue weighted by atomic mass is 10.0. The molecular weight excluding hydrogens is 521 g/mol. The van der Waals surface area contributed by atoms with Crippen LogP contribution in [0.2, 0.25) is 0 Å². The highest BCUT2D eigenvalue weighted by molar-refractivity contribution is 9.10. The zero-order valence-corrected chi connectivity index (χ0v) is 20.6. The van der Waals surface area contributed by atoms with E-state index in [1.54, 1.807) is 6.20 Å². The summed E-state index contributed by atoms with van der Waals surface area (Å²) in [6.45, 7) is 3.76. The van der Waals surface area contributed by atoms with Crippen molar-refractivity contribution < 1.29 is 18.0 Å². The summed E-state index contributed by atoms with van der Waals surface area (Å²) in [6, 6.07) is 15.2. The summed E-state index contributed by atoms with van der Waals surface area (Å²) in [5.41, 5.74) is 2.34. The van der Waals surface area contributed by atoms with Gasteiger partial charge in [0.1, 0.15) is 0 Å². The Balaban J connectivity index is 1.35. The number of amides is 1. The van der Waals surface area contributed by atoms with Gasteiger partial charge in [0.15, 0.2) is 0 Å². The number of para-hydroxylation sites is 1. The molecule has 184 valence electrons. The highest BCUT2D eigenvalue weighted by Gasteiger charge is 2.33. The van der Waals surface area contributed by atoms with E-state index in [9.17, 15) is 18.0 Å². The van der Waals surface area contributed by atoms with Crippen LogP contribution in [-0.4, -0.2) is 53.4 Å². The van der Waals surface area contributed by atoms with Gasteiger partial charge in [-0.25, -0.2) is 0 Å². The van der Waals surface area contributed by atoms with Crippen molar-refractivity contribution in [3.63, 3.8) is 0 Å². The van der Waals surface area contributed by atoms with Gasteiger partial charge < -0.3 is 5.32 Å². The maximum atomic E-state index is 13.2. The minimum atomic E-state index is -4.52. The molecule has 0 bridgehead atoms. The van der Waals surface area contributed by atoms with Crippen molar-refractivity contribution in [3.05, 3.63) is 82.6 Å². The molecule has 0 spiro atoms. The van der Waals surface area contributed by atoms with E-state index >= 15 is 0 Å². The van der Waals surface area contributed by atoms with Gasteiger partial charge in [-0.3, -0.25) is 19.6 Å². The van der Waals surface area contributed by atoms with Crippen LogP contribution in [0.3, 0.4) is 0 Å². The summed E-state index contributed by atoms with van der Waals surface area (Å²) in [7, 11) is 0. The summed E-state index contributed by atoms with van der Waals surface area (Å²) in [5, 5.41) is 2.44. The molecule has 1 saturated heterocycles. The Bertz CT molecular complexity index is 1150. The molecule has 0 radical (unpaired) electrons. The zero-order chi connectivity index (χ0) is 24.8. The average Bonchev–Trinajstić information content (AvgIpc) is 3.04. The van der Waals surface area contributed by atoms with Gasteiger partial charge in [-0.2, -0.15) is 13.2 Å². The molecule has 35 heavy (non-hydrogen) atoms. The Hall–Kier alpha value is -2.75. The van der Waals surface area contributed by atoms with E-state index in [0.29, 0.717) is 13.1 Å². The second kappa shape index (κ2) is 11.3. The summed E-state index contributed by atoms with van der Waals surface area (Å²) in [6.07, 6.45) is 0.0286. The molecule has 1 N–H and O–H groups in total. The second-order valence-corrected chi connectivity index (χ2v) is 9.45. The van der Waals surface area contributed by atoms with Crippen molar-refractivity contribution in [2.24, 2.45) is 0 Å². The van der Waals surface area contributed by atoms with Crippen LogP contribution in [0.15, 0.2) is 71.5 Å². The molecule has 1 amide bonds. The molecule has 2 heterocycles. The normalized spacial score (nSPS) is 15.5. The van der Waals surface area contributed by atoms with E-state index in [0.717, 1.165) is 53.3 Å². The van der Waals surface area contributed by atoms with Crippen LogP contribution < -0.4 is 5.32 Å². The van der Waals surface area contributed by atoms with Crippen molar-refractivity contribution in [1.82, 2.24) is 14.8 Å². The van der Waals surface area contributed by atoms with E-state index < -0.39 is 17.6 Å². The summed E-state index contributed by atoms with van der Waals surface area (Å²) in [4.78, 5) is 21.2. The average molecular weight is 547 g/mol. The lowest BCUT2D eigenvalue weighted by Crippen LogP contribution is -2.36. The van der Waals surface area contributed by atoms with E-state index in [2.05, 4.69) is 43.3 Å². The first-order valence-corrected chi connectivity index (χ1v) is 12.2. The quantitative estimate of drug-likeness (QED) is 0.432. The minimum Gasteiger partial charge on any atom is -0.324 e. The molecule has 1 aliphatic rings. The van der Waals surface area contributed by atoms with Crippen LogP contribution in [0, 0.1) is 0 Å². The Kier molecular flexibility index (Phi) is 8.20. The van der Waals surface area contributed by atoms with Crippen LogP contribution in [0.4, 0.5) is 18.9 Å². The largest absolute Gasteiger partial charge is 0.418 e. The first kappa shape index (κ1) is 25.3. The molecule has 9 heteroatoms. The number of pyridine rings is 1. The van der Waals surface area contributed by atoms with Crippen molar-refractivity contribution in [2.45, 2.75) is 19.1 Å². The Morgan fingerprint density at radius 1 is 0.971 bits per heavy atom. The van der Waals surface area contributed by atoms with Crippen LogP contribution >= 0.6 is 15.9 Å². The molecule has 0 aliphatic carbocycles. The van der Waals surface area contributed by atoms with Crippen molar-refractivity contribution >= 4 is 27.5 Å². The van der Waals surface area contributed by atoms with E-state index in [-0.39, 0.29) is 12.2 Å². The number of rotatable bonds is 6. The fourth-order valence-corrected chi connectivity index (χ4v) is 4.54. The lowest BCUT2D eigenvalue weighted by Gasteiger charge is -2.23. The maximum absolute atomic E-state index is 13.2. The SMILES string of the molecule is O=C(CN1CCCN(Cc2cnccc2-c2ccc(Br)cc2)CC1)Nc1ccccc1C(F)(F)F. The molecule has 4 rings (SSSR count). The molecule has 2 aromatic carbocycles. The highest BCUT2D eigenvalue weighted by Crippen LogP contribution is 2.34. The van der Waals surface area contributed by atoms with Gasteiger partial charge in [-0.1, -0.05) is 40.2 Å². The fourth-order valence-electron chi connectivity index (χ4n) is 4.28. The van der Waals surface area contributed by atoms with Crippen molar-refractivity contribution in [3.8, 4) is 11.1 Å². The number of halogens is 4. The number of carbonyl (C=O) groups excluding carboxylic acids is 1. The van der Waals surface area contributed by atoms with Crippen LogP contribution in [-0.2, 0) is 17.5 Å². The third-order valence-corrected chi connectivity index (χ3v) is 6.54. The van der Waals surface area contributed by atoms with Gasteiger partial charge >= 0.3 is 6.18 Å². The predicted octanol–water partition coefficient (Wildman–Crippen LogP) is 5.68. The lowest BCUT2D eigenvalue weighted by molar-refractivity contribution is -0.137. The first-order chi connectivity index (χ1) is 16.8. The number of nitrogens with one attached hydrogen (secondary N) is 1. The van der Waals surface area contributed by atoms with E-state index in [1.165, 1.54) is 18.2 Å². The van der Waals surface area contributed by atoms with Gasteiger partial charge in [0, 0.05) is 36.5 Å². The minimum absolute atomic E-state index is 0.0526. The number of benzene rings is 2. The molecule has 3 aromatic rings. The van der Waals surface area contributed by atoms with Crippen LogP contribution in [0.5, 0.6) is 0 Å².